The maximum atomic E-state index is 11.6. The fourth-order valence-corrected chi connectivity index (χ4v) is 3.20. The van der Waals surface area contributed by atoms with Gasteiger partial charge in [-0.3, -0.25) is 0 Å². The van der Waals surface area contributed by atoms with E-state index in [1.54, 1.807) is 6.07 Å². The van der Waals surface area contributed by atoms with Gasteiger partial charge in [-0.05, 0) is 31.6 Å². The van der Waals surface area contributed by atoms with Crippen LogP contribution < -0.4 is 0 Å². The average molecular weight is 213 g/mol. The lowest BCUT2D eigenvalue weighted by molar-refractivity contribution is 0.384. The molecule has 0 aliphatic heterocycles. The van der Waals surface area contributed by atoms with Crippen molar-refractivity contribution in [2.75, 3.05) is 0 Å². The highest BCUT2D eigenvalue weighted by Gasteiger charge is 2.27. The summed E-state index contributed by atoms with van der Waals surface area (Å²) < 4.78 is 23.2. The summed E-state index contributed by atoms with van der Waals surface area (Å²) in [5.74, 6) is 0.640. The Labute approximate surface area is 85.3 Å². The van der Waals surface area contributed by atoms with E-state index in [1.165, 1.54) is 0 Å². The van der Waals surface area contributed by atoms with E-state index in [0.717, 1.165) is 37.2 Å². The quantitative estimate of drug-likeness (QED) is 0.659. The Bertz CT molecular complexity index is 343. The largest absolute Gasteiger partial charge is 0.224 e. The Hall–Kier alpha value is -0.820. The van der Waals surface area contributed by atoms with E-state index < -0.39 is 9.84 Å². The fourth-order valence-electron chi connectivity index (χ4n) is 1.79. The highest BCUT2D eigenvalue weighted by atomic mass is 32.2. The van der Waals surface area contributed by atoms with Gasteiger partial charge < -0.3 is 0 Å². The first-order valence-electron chi connectivity index (χ1n) is 4.86. The lowest BCUT2D eigenvalue weighted by atomic mass is 9.91. The third kappa shape index (κ3) is 2.85. The van der Waals surface area contributed by atoms with Crippen LogP contribution in [0.5, 0.6) is 0 Å². The van der Waals surface area contributed by atoms with Crippen molar-refractivity contribution < 1.29 is 8.42 Å². The lowest BCUT2D eigenvalue weighted by Gasteiger charge is -2.24. The van der Waals surface area contributed by atoms with Gasteiger partial charge in [0.2, 0.25) is 0 Å². The number of hydrogen-bond donors (Lipinski definition) is 0. The molecular formula is C10H15NO2S. The van der Waals surface area contributed by atoms with Crippen molar-refractivity contribution in [1.29, 1.82) is 5.26 Å². The monoisotopic (exact) mass is 213 g/mol. The smallest absolute Gasteiger partial charge is 0.175 e. The predicted molar refractivity (Wildman–Crippen MR) is 55.1 cm³/mol. The number of nitrogens with zero attached hydrogens (tertiary/aromatic N) is 1. The van der Waals surface area contributed by atoms with Crippen molar-refractivity contribution in [2.24, 2.45) is 5.92 Å². The van der Waals surface area contributed by atoms with E-state index in [9.17, 15) is 8.42 Å². The maximum Gasteiger partial charge on any atom is 0.175 e. The summed E-state index contributed by atoms with van der Waals surface area (Å²) in [4.78, 5) is 0. The minimum atomic E-state index is -3.17. The van der Waals surface area contributed by atoms with Crippen LogP contribution in [0, 0.1) is 17.2 Å². The van der Waals surface area contributed by atoms with Crippen molar-refractivity contribution >= 4 is 9.84 Å². The standard InChI is InChI=1S/C10H15NO2S/c1-9-3-5-10(6-4-9)14(12,13)8-2-7-11/h2,8-10H,3-6H2,1H3/b8-2+. The molecule has 0 atom stereocenters. The van der Waals surface area contributed by atoms with Crippen LogP contribution in [-0.4, -0.2) is 13.7 Å². The molecule has 0 N–H and O–H groups in total. The van der Waals surface area contributed by atoms with Gasteiger partial charge in [-0.25, -0.2) is 8.42 Å². The van der Waals surface area contributed by atoms with Crippen LogP contribution in [0.15, 0.2) is 11.5 Å². The molecule has 0 aromatic heterocycles. The first kappa shape index (κ1) is 11.3. The van der Waals surface area contributed by atoms with Crippen LogP contribution in [-0.2, 0) is 9.84 Å². The average Bonchev–Trinajstić information content (AvgIpc) is 2.16. The molecule has 1 rings (SSSR count). The Morgan fingerprint density at radius 1 is 1.29 bits per heavy atom. The van der Waals surface area contributed by atoms with Gasteiger partial charge in [0, 0.05) is 11.5 Å². The second kappa shape index (κ2) is 4.61. The van der Waals surface area contributed by atoms with Crippen LogP contribution in [0.3, 0.4) is 0 Å². The van der Waals surface area contributed by atoms with Gasteiger partial charge in [-0.1, -0.05) is 6.92 Å². The highest BCUT2D eigenvalue weighted by Crippen LogP contribution is 2.28. The second-order valence-corrected chi connectivity index (χ2v) is 6.02. The third-order valence-electron chi connectivity index (χ3n) is 2.76. The summed E-state index contributed by atoms with van der Waals surface area (Å²) in [6, 6.07) is 1.71. The van der Waals surface area contributed by atoms with Gasteiger partial charge in [-0.2, -0.15) is 5.26 Å². The Kier molecular flexibility index (Phi) is 3.70. The molecule has 0 bridgehead atoms. The highest BCUT2D eigenvalue weighted by molar-refractivity contribution is 7.94. The molecule has 0 aromatic rings. The van der Waals surface area contributed by atoms with E-state index >= 15 is 0 Å². The molecule has 1 fully saturated rings. The van der Waals surface area contributed by atoms with Crippen LogP contribution in [0.1, 0.15) is 32.6 Å². The molecule has 0 amide bonds. The zero-order valence-electron chi connectivity index (χ0n) is 8.31. The molecule has 78 valence electrons. The number of sulfone groups is 1. The molecular weight excluding hydrogens is 198 g/mol. The zero-order chi connectivity index (χ0) is 10.6. The Morgan fingerprint density at radius 3 is 2.36 bits per heavy atom. The molecule has 1 saturated carbocycles. The molecule has 14 heavy (non-hydrogen) atoms. The maximum absolute atomic E-state index is 11.6. The minimum Gasteiger partial charge on any atom is -0.224 e. The Morgan fingerprint density at radius 2 is 1.86 bits per heavy atom. The van der Waals surface area contributed by atoms with Crippen molar-refractivity contribution in [2.45, 2.75) is 37.9 Å². The number of rotatable bonds is 2. The zero-order valence-corrected chi connectivity index (χ0v) is 9.13. The SMILES string of the molecule is CC1CCC(S(=O)(=O)/C=C/C#N)CC1. The van der Waals surface area contributed by atoms with Crippen molar-refractivity contribution in [3.8, 4) is 6.07 Å². The van der Waals surface area contributed by atoms with Gasteiger partial charge in [0.15, 0.2) is 9.84 Å². The van der Waals surface area contributed by atoms with Crippen LogP contribution in [0.25, 0.3) is 0 Å². The fraction of sp³-hybridized carbons (Fsp3) is 0.700. The summed E-state index contributed by atoms with van der Waals surface area (Å²) in [6.45, 7) is 2.15. The Balaban J connectivity index is 2.66. The number of nitriles is 1. The van der Waals surface area contributed by atoms with Crippen molar-refractivity contribution in [3.63, 3.8) is 0 Å². The number of hydrogen-bond acceptors (Lipinski definition) is 3. The van der Waals surface area contributed by atoms with Crippen LogP contribution in [0.4, 0.5) is 0 Å². The summed E-state index contributed by atoms with van der Waals surface area (Å²) in [6.07, 6.45) is 4.47. The second-order valence-electron chi connectivity index (χ2n) is 3.90. The van der Waals surface area contributed by atoms with E-state index in [0.29, 0.717) is 5.92 Å². The normalized spacial score (nSPS) is 28.9. The number of allylic oxidation sites excluding steroid dienone is 1. The van der Waals surface area contributed by atoms with Gasteiger partial charge in [0.25, 0.3) is 0 Å². The van der Waals surface area contributed by atoms with Gasteiger partial charge >= 0.3 is 0 Å². The van der Waals surface area contributed by atoms with E-state index in [-0.39, 0.29) is 5.25 Å². The molecule has 3 nitrogen and oxygen atoms in total. The van der Waals surface area contributed by atoms with Crippen LogP contribution >= 0.6 is 0 Å². The topological polar surface area (TPSA) is 57.9 Å². The summed E-state index contributed by atoms with van der Waals surface area (Å²) in [5, 5.41) is 9.06. The lowest BCUT2D eigenvalue weighted by Crippen LogP contribution is -2.24. The predicted octanol–water partition coefficient (Wildman–Crippen LogP) is 2.02. The molecule has 0 radical (unpaired) electrons. The van der Waals surface area contributed by atoms with Gasteiger partial charge in [0.1, 0.15) is 0 Å². The van der Waals surface area contributed by atoms with Crippen LogP contribution in [0.2, 0.25) is 0 Å². The van der Waals surface area contributed by atoms with Gasteiger partial charge in [0.05, 0.1) is 11.3 Å². The molecule has 0 heterocycles. The van der Waals surface area contributed by atoms with Crippen molar-refractivity contribution in [1.82, 2.24) is 0 Å². The molecule has 0 spiro atoms. The third-order valence-corrected chi connectivity index (χ3v) is 4.68. The van der Waals surface area contributed by atoms with Crippen molar-refractivity contribution in [3.05, 3.63) is 11.5 Å². The minimum absolute atomic E-state index is 0.261. The van der Waals surface area contributed by atoms with Gasteiger partial charge in [-0.15, -0.1) is 0 Å². The molecule has 0 unspecified atom stereocenters. The first-order chi connectivity index (χ1) is 6.56. The summed E-state index contributed by atoms with van der Waals surface area (Å²) >= 11 is 0. The molecule has 1 aliphatic carbocycles. The summed E-state index contributed by atoms with van der Waals surface area (Å²) in [5.41, 5.74) is 0. The molecule has 4 heteroatoms. The van der Waals surface area contributed by atoms with E-state index in [1.807, 2.05) is 0 Å². The van der Waals surface area contributed by atoms with E-state index in [4.69, 9.17) is 5.26 Å². The van der Waals surface area contributed by atoms with E-state index in [2.05, 4.69) is 6.92 Å². The first-order valence-corrected chi connectivity index (χ1v) is 6.47. The molecule has 1 aliphatic rings. The molecule has 0 saturated heterocycles. The molecule has 0 aromatic carbocycles. The summed E-state index contributed by atoms with van der Waals surface area (Å²) in [7, 11) is -3.17.